The third-order valence-corrected chi connectivity index (χ3v) is 3.48. The molecule has 0 amide bonds. The van der Waals surface area contributed by atoms with Crippen molar-refractivity contribution >= 4 is 11.8 Å². The Morgan fingerprint density at radius 2 is 1.81 bits per heavy atom. The zero-order valence-corrected chi connectivity index (χ0v) is 10.4. The van der Waals surface area contributed by atoms with Crippen LogP contribution in [0.3, 0.4) is 0 Å². The highest BCUT2D eigenvalue weighted by Crippen LogP contribution is 2.32. The van der Waals surface area contributed by atoms with Gasteiger partial charge in [0.15, 0.2) is 0 Å². The fourth-order valence-corrected chi connectivity index (χ4v) is 2.65. The summed E-state index contributed by atoms with van der Waals surface area (Å²) in [5.74, 6) is 0.536. The molecule has 2 aromatic rings. The third kappa shape index (κ3) is 2.64. The van der Waals surface area contributed by atoms with Crippen molar-refractivity contribution in [2.75, 3.05) is 0 Å². The minimum atomic E-state index is 0.536. The van der Waals surface area contributed by atoms with Gasteiger partial charge in [-0.25, -0.2) is 0 Å². The van der Waals surface area contributed by atoms with E-state index >= 15 is 0 Å². The highest BCUT2D eigenvalue weighted by molar-refractivity contribution is 7.99. The topological polar surface area (TPSA) is 12.9 Å². The van der Waals surface area contributed by atoms with Crippen molar-refractivity contribution in [1.82, 2.24) is 4.98 Å². The van der Waals surface area contributed by atoms with Crippen molar-refractivity contribution < 1.29 is 0 Å². The van der Waals surface area contributed by atoms with Gasteiger partial charge < -0.3 is 0 Å². The van der Waals surface area contributed by atoms with Crippen LogP contribution in [0.5, 0.6) is 0 Å². The van der Waals surface area contributed by atoms with E-state index in [1.807, 2.05) is 18.5 Å². The number of rotatable bonds is 3. The van der Waals surface area contributed by atoms with E-state index in [-0.39, 0.29) is 0 Å². The van der Waals surface area contributed by atoms with Crippen LogP contribution in [0.15, 0.2) is 58.6 Å². The predicted octanol–water partition coefficient (Wildman–Crippen LogP) is 4.36. The normalized spacial score (nSPS) is 10.7. The molecule has 2 heteroatoms. The molecule has 1 aromatic carbocycles. The maximum Gasteiger partial charge on any atom is 0.0410 e. The Balaban J connectivity index is 2.28. The maximum absolute atomic E-state index is 4.20. The number of aromatic nitrogens is 1. The van der Waals surface area contributed by atoms with Crippen LogP contribution in [0.25, 0.3) is 0 Å². The Bertz CT molecular complexity index is 451. The van der Waals surface area contributed by atoms with Gasteiger partial charge in [0.1, 0.15) is 0 Å². The largest absolute Gasteiger partial charge is 0.264 e. The second kappa shape index (κ2) is 5.17. The monoisotopic (exact) mass is 229 g/mol. The molecule has 0 N–H and O–H groups in total. The maximum atomic E-state index is 4.20. The van der Waals surface area contributed by atoms with Gasteiger partial charge >= 0.3 is 0 Å². The quantitative estimate of drug-likeness (QED) is 0.775. The molecule has 0 aliphatic rings. The molecule has 1 nitrogen and oxygen atoms in total. The van der Waals surface area contributed by atoms with Crippen LogP contribution >= 0.6 is 11.8 Å². The smallest absolute Gasteiger partial charge is 0.0410 e. The molecule has 0 aliphatic heterocycles. The minimum Gasteiger partial charge on any atom is -0.264 e. The molecule has 16 heavy (non-hydrogen) atoms. The van der Waals surface area contributed by atoms with E-state index in [1.54, 1.807) is 11.8 Å². The van der Waals surface area contributed by atoms with Gasteiger partial charge in [-0.2, -0.15) is 0 Å². The summed E-state index contributed by atoms with van der Waals surface area (Å²) in [6.07, 6.45) is 3.82. The molecule has 0 saturated heterocycles. The summed E-state index contributed by atoms with van der Waals surface area (Å²) in [7, 11) is 0. The first kappa shape index (κ1) is 11.2. The summed E-state index contributed by atoms with van der Waals surface area (Å²) in [5, 5.41) is 0. The van der Waals surface area contributed by atoms with E-state index in [4.69, 9.17) is 0 Å². The molecule has 0 saturated carbocycles. The number of hydrogen-bond acceptors (Lipinski definition) is 2. The van der Waals surface area contributed by atoms with Gasteiger partial charge in [-0.3, -0.25) is 4.98 Å². The fraction of sp³-hybridized carbons (Fsp3) is 0.214. The van der Waals surface area contributed by atoms with E-state index in [0.29, 0.717) is 5.92 Å². The van der Waals surface area contributed by atoms with E-state index in [2.05, 4.69) is 49.2 Å². The molecule has 0 radical (unpaired) electrons. The van der Waals surface area contributed by atoms with Gasteiger partial charge in [-0.15, -0.1) is 0 Å². The highest BCUT2D eigenvalue weighted by atomic mass is 32.2. The molecule has 0 aliphatic carbocycles. The van der Waals surface area contributed by atoms with Crippen molar-refractivity contribution in [3.05, 3.63) is 54.4 Å². The zero-order valence-electron chi connectivity index (χ0n) is 9.55. The zero-order chi connectivity index (χ0) is 11.4. The summed E-state index contributed by atoms with van der Waals surface area (Å²) in [6.45, 7) is 4.43. The lowest BCUT2D eigenvalue weighted by Gasteiger charge is -2.11. The van der Waals surface area contributed by atoms with Crippen LogP contribution in [0.4, 0.5) is 0 Å². The van der Waals surface area contributed by atoms with Gasteiger partial charge in [0.05, 0.1) is 0 Å². The summed E-state index contributed by atoms with van der Waals surface area (Å²) >= 11 is 1.78. The van der Waals surface area contributed by atoms with Crippen LogP contribution < -0.4 is 0 Å². The van der Waals surface area contributed by atoms with Gasteiger partial charge in [-0.05, 0) is 29.7 Å². The van der Waals surface area contributed by atoms with Gasteiger partial charge in [-0.1, -0.05) is 43.8 Å². The number of hydrogen-bond donors (Lipinski definition) is 0. The van der Waals surface area contributed by atoms with Crippen LogP contribution in [-0.4, -0.2) is 4.98 Å². The molecule has 0 bridgehead atoms. The Morgan fingerprint density at radius 3 is 2.50 bits per heavy atom. The van der Waals surface area contributed by atoms with E-state index < -0.39 is 0 Å². The van der Waals surface area contributed by atoms with Crippen LogP contribution in [-0.2, 0) is 0 Å². The van der Waals surface area contributed by atoms with Crippen LogP contribution in [0.2, 0.25) is 0 Å². The van der Waals surface area contributed by atoms with Crippen molar-refractivity contribution in [2.45, 2.75) is 29.6 Å². The summed E-state index contributed by atoms with van der Waals surface area (Å²) in [4.78, 5) is 6.72. The Hall–Kier alpha value is -1.28. The Labute approximate surface area is 101 Å². The van der Waals surface area contributed by atoms with E-state index in [1.165, 1.54) is 15.4 Å². The van der Waals surface area contributed by atoms with Crippen molar-refractivity contribution in [3.8, 4) is 0 Å². The number of pyridine rings is 1. The standard InChI is InChI=1S/C14H15NS/c1-11(2)13-8-9-15-10-14(13)16-12-6-4-3-5-7-12/h3-11H,1-2H3. The number of benzene rings is 1. The first-order valence-electron chi connectivity index (χ1n) is 5.44. The van der Waals surface area contributed by atoms with Gasteiger partial charge in [0.2, 0.25) is 0 Å². The van der Waals surface area contributed by atoms with Crippen LogP contribution in [0, 0.1) is 0 Å². The molecule has 1 aromatic heterocycles. The summed E-state index contributed by atoms with van der Waals surface area (Å²) in [5.41, 5.74) is 1.36. The van der Waals surface area contributed by atoms with Gasteiger partial charge in [0.25, 0.3) is 0 Å². The highest BCUT2D eigenvalue weighted by Gasteiger charge is 2.07. The lowest BCUT2D eigenvalue weighted by Crippen LogP contribution is -1.91. The SMILES string of the molecule is CC(C)c1ccncc1Sc1ccccc1. The number of nitrogens with zero attached hydrogens (tertiary/aromatic N) is 1. The average Bonchev–Trinajstić information content (AvgIpc) is 2.31. The third-order valence-electron chi connectivity index (χ3n) is 2.41. The lowest BCUT2D eigenvalue weighted by atomic mass is 10.1. The molecule has 0 unspecified atom stereocenters. The molecule has 82 valence electrons. The Morgan fingerprint density at radius 1 is 1.06 bits per heavy atom. The van der Waals surface area contributed by atoms with E-state index in [9.17, 15) is 0 Å². The fourth-order valence-electron chi connectivity index (χ4n) is 1.57. The van der Waals surface area contributed by atoms with Crippen LogP contribution in [0.1, 0.15) is 25.3 Å². The van der Waals surface area contributed by atoms with Crippen molar-refractivity contribution in [3.63, 3.8) is 0 Å². The Kier molecular flexibility index (Phi) is 3.62. The summed E-state index contributed by atoms with van der Waals surface area (Å²) < 4.78 is 0. The summed E-state index contributed by atoms with van der Waals surface area (Å²) in [6, 6.07) is 12.5. The second-order valence-electron chi connectivity index (χ2n) is 3.98. The van der Waals surface area contributed by atoms with Crippen molar-refractivity contribution in [2.24, 2.45) is 0 Å². The van der Waals surface area contributed by atoms with E-state index in [0.717, 1.165) is 0 Å². The van der Waals surface area contributed by atoms with Gasteiger partial charge in [0, 0.05) is 22.2 Å². The molecular formula is C14H15NS. The second-order valence-corrected chi connectivity index (χ2v) is 5.10. The molecule has 2 rings (SSSR count). The minimum absolute atomic E-state index is 0.536. The average molecular weight is 229 g/mol. The first-order valence-corrected chi connectivity index (χ1v) is 6.26. The first-order chi connectivity index (χ1) is 7.77. The predicted molar refractivity (Wildman–Crippen MR) is 68.9 cm³/mol. The molecule has 0 atom stereocenters. The van der Waals surface area contributed by atoms with Crippen molar-refractivity contribution in [1.29, 1.82) is 0 Å². The molecule has 1 heterocycles. The lowest BCUT2D eigenvalue weighted by molar-refractivity contribution is 0.835. The molecule has 0 fully saturated rings. The molecule has 0 spiro atoms. The molecular weight excluding hydrogens is 214 g/mol.